The smallest absolute Gasteiger partial charge is 0.169 e. The van der Waals surface area contributed by atoms with Gasteiger partial charge < -0.3 is 25.2 Å². The minimum absolute atomic E-state index is 0.416. The van der Waals surface area contributed by atoms with Crippen LogP contribution < -0.4 is 0 Å². The van der Waals surface area contributed by atoms with E-state index < -0.39 is 42.3 Å². The second-order valence-corrected chi connectivity index (χ2v) is 13.6. The third-order valence-electron chi connectivity index (χ3n) is 4.82. The minimum Gasteiger partial charge on any atom is -0.394 e. The second-order valence-electron chi connectivity index (χ2n) is 5.25. The van der Waals surface area contributed by atoms with Gasteiger partial charge in [-0.15, -0.1) is 0 Å². The summed E-state index contributed by atoms with van der Waals surface area (Å²) in [4.78, 5) is 0. The molecule has 0 aliphatic carbocycles. The Morgan fingerprint density at radius 3 is 1.95 bits per heavy atom. The lowest BCUT2D eigenvalue weighted by Crippen LogP contribution is -2.74. The number of hydrogen-bond acceptors (Lipinski definition) is 5. The normalized spacial score (nSPS) is 40.4. The zero-order chi connectivity index (χ0) is 14.8. The quantitative estimate of drug-likeness (QED) is 0.307. The van der Waals surface area contributed by atoms with Gasteiger partial charge in [-0.05, 0) is 0 Å². The summed E-state index contributed by atoms with van der Waals surface area (Å²) in [5, 5.41) is 40.1. The van der Waals surface area contributed by atoms with Gasteiger partial charge in [0, 0.05) is 0 Å². The molecule has 19 heavy (non-hydrogen) atoms. The molecule has 0 saturated carbocycles. The highest BCUT2D eigenvalue weighted by Gasteiger charge is 2.63. The Morgan fingerprint density at radius 2 is 1.58 bits per heavy atom. The monoisotopic (exact) mass is 404 g/mol. The standard InChI is InChI=1S/C12H25IO5Si/c1-4-19(5-2,6-3)12(13)10(16)9(15)8(7-14)18-11(12)17/h8-11,14-17H,4-7H2,1-3H3/t8-,9-,10+,11+,12+/m1/s1. The lowest BCUT2D eigenvalue weighted by Gasteiger charge is -2.54. The topological polar surface area (TPSA) is 90.2 Å². The van der Waals surface area contributed by atoms with Crippen LogP contribution in [0.25, 0.3) is 0 Å². The number of aliphatic hydroxyl groups excluding tert-OH is 4. The molecule has 114 valence electrons. The van der Waals surface area contributed by atoms with Crippen molar-refractivity contribution in [3.8, 4) is 0 Å². The van der Waals surface area contributed by atoms with Crippen molar-refractivity contribution in [1.82, 2.24) is 0 Å². The summed E-state index contributed by atoms with van der Waals surface area (Å²) in [5.74, 6) is 0. The van der Waals surface area contributed by atoms with Gasteiger partial charge >= 0.3 is 0 Å². The van der Waals surface area contributed by atoms with E-state index in [9.17, 15) is 15.3 Å². The molecule has 1 heterocycles. The summed E-state index contributed by atoms with van der Waals surface area (Å²) in [6.07, 6.45) is -4.33. The summed E-state index contributed by atoms with van der Waals surface area (Å²) in [7, 11) is -2.03. The molecule has 0 spiro atoms. The van der Waals surface area contributed by atoms with Crippen molar-refractivity contribution in [3.05, 3.63) is 0 Å². The van der Waals surface area contributed by atoms with Crippen molar-refractivity contribution in [1.29, 1.82) is 0 Å². The molecule has 7 heteroatoms. The molecule has 0 amide bonds. The molecular formula is C12H25IO5Si. The van der Waals surface area contributed by atoms with Crippen LogP contribution in [0, 0.1) is 0 Å². The summed E-state index contributed by atoms with van der Waals surface area (Å²) in [6, 6.07) is 2.70. The minimum atomic E-state index is -2.03. The third kappa shape index (κ3) is 2.63. The van der Waals surface area contributed by atoms with Gasteiger partial charge in [-0.25, -0.2) is 0 Å². The fraction of sp³-hybridized carbons (Fsp3) is 1.00. The maximum absolute atomic E-state index is 10.5. The maximum atomic E-state index is 10.5. The molecule has 0 aromatic carbocycles. The molecule has 5 nitrogen and oxygen atoms in total. The van der Waals surface area contributed by atoms with Crippen molar-refractivity contribution in [2.24, 2.45) is 0 Å². The number of halogens is 1. The van der Waals surface area contributed by atoms with E-state index in [1.807, 2.05) is 0 Å². The molecule has 5 atom stereocenters. The highest BCUT2D eigenvalue weighted by molar-refractivity contribution is 14.1. The van der Waals surface area contributed by atoms with E-state index in [1.54, 1.807) is 0 Å². The van der Waals surface area contributed by atoms with Crippen molar-refractivity contribution in [2.45, 2.75) is 66.6 Å². The van der Waals surface area contributed by atoms with Crippen molar-refractivity contribution < 1.29 is 25.2 Å². The summed E-state index contributed by atoms with van der Waals surface area (Å²) < 4.78 is 4.51. The zero-order valence-electron chi connectivity index (χ0n) is 11.7. The third-order valence-corrected chi connectivity index (χ3v) is 15.7. The van der Waals surface area contributed by atoms with E-state index in [-0.39, 0.29) is 0 Å². The molecule has 0 radical (unpaired) electrons. The summed E-state index contributed by atoms with van der Waals surface area (Å²) in [5.41, 5.74) is 0. The maximum Gasteiger partial charge on any atom is 0.169 e. The van der Waals surface area contributed by atoms with Gasteiger partial charge in [0.2, 0.25) is 0 Å². The van der Waals surface area contributed by atoms with Crippen LogP contribution in [0.3, 0.4) is 0 Å². The molecule has 1 saturated heterocycles. The van der Waals surface area contributed by atoms with Crippen molar-refractivity contribution >= 4 is 30.7 Å². The highest BCUT2D eigenvalue weighted by atomic mass is 127. The number of alkyl halides is 1. The van der Waals surface area contributed by atoms with E-state index in [2.05, 4.69) is 43.4 Å². The molecular weight excluding hydrogens is 379 g/mol. The summed E-state index contributed by atoms with van der Waals surface area (Å²) in [6.45, 7) is 5.80. The molecule has 1 rings (SSSR count). The van der Waals surface area contributed by atoms with Gasteiger partial charge in [-0.1, -0.05) is 61.5 Å². The largest absolute Gasteiger partial charge is 0.394 e. The van der Waals surface area contributed by atoms with Gasteiger partial charge in [-0.3, -0.25) is 0 Å². The Morgan fingerprint density at radius 1 is 1.11 bits per heavy atom. The Balaban J connectivity index is 3.21. The highest BCUT2D eigenvalue weighted by Crippen LogP contribution is 2.48. The predicted octanol–water partition coefficient (Wildman–Crippen LogP) is 0.639. The Hall–Kier alpha value is 0.747. The fourth-order valence-electron chi connectivity index (χ4n) is 3.23. The van der Waals surface area contributed by atoms with Gasteiger partial charge in [0.25, 0.3) is 0 Å². The van der Waals surface area contributed by atoms with Crippen LogP contribution in [0.4, 0.5) is 0 Å². The number of rotatable bonds is 5. The predicted molar refractivity (Wildman–Crippen MR) is 83.9 cm³/mol. The molecule has 0 aromatic rings. The van der Waals surface area contributed by atoms with Gasteiger partial charge in [0.15, 0.2) is 6.29 Å². The van der Waals surface area contributed by atoms with Gasteiger partial charge in [0.05, 0.1) is 23.8 Å². The van der Waals surface area contributed by atoms with Gasteiger partial charge in [0.1, 0.15) is 12.2 Å². The Kier molecular flexibility index (Phi) is 6.25. The molecule has 1 aliphatic rings. The Bertz CT molecular complexity index is 294. The SMILES string of the molecule is CC[Si](CC)(CC)[C@]1(I)[C@@H](O)O[C@H](CO)[C@@H](O)[C@@H]1O. The van der Waals surface area contributed by atoms with E-state index in [4.69, 9.17) is 9.84 Å². The average molecular weight is 404 g/mol. The van der Waals surface area contributed by atoms with Gasteiger partial charge in [-0.2, -0.15) is 0 Å². The first-order chi connectivity index (χ1) is 8.84. The number of aliphatic hydroxyl groups is 4. The molecule has 0 bridgehead atoms. The van der Waals surface area contributed by atoms with Crippen molar-refractivity contribution in [3.63, 3.8) is 0 Å². The first kappa shape index (κ1) is 17.8. The Labute approximate surface area is 129 Å². The van der Waals surface area contributed by atoms with Crippen LogP contribution in [0.2, 0.25) is 18.1 Å². The van der Waals surface area contributed by atoms with Crippen LogP contribution >= 0.6 is 22.6 Å². The number of ether oxygens (including phenoxy) is 1. The van der Waals surface area contributed by atoms with Crippen LogP contribution in [-0.2, 0) is 4.74 Å². The molecule has 1 fully saturated rings. The number of hydrogen-bond donors (Lipinski definition) is 4. The molecule has 0 aromatic heterocycles. The molecule has 1 aliphatic heterocycles. The van der Waals surface area contributed by atoms with Crippen molar-refractivity contribution in [2.75, 3.05) is 6.61 Å². The van der Waals surface area contributed by atoms with E-state index in [0.29, 0.717) is 0 Å². The fourth-order valence-corrected chi connectivity index (χ4v) is 11.7. The van der Waals surface area contributed by atoms with Crippen LogP contribution in [0.1, 0.15) is 20.8 Å². The van der Waals surface area contributed by atoms with E-state index >= 15 is 0 Å². The molecule has 4 N–H and O–H groups in total. The van der Waals surface area contributed by atoms with E-state index in [0.717, 1.165) is 18.1 Å². The van der Waals surface area contributed by atoms with Crippen LogP contribution in [-0.4, -0.2) is 62.8 Å². The summed E-state index contributed by atoms with van der Waals surface area (Å²) >= 11 is 2.09. The van der Waals surface area contributed by atoms with E-state index in [1.165, 1.54) is 0 Å². The lowest BCUT2D eigenvalue weighted by molar-refractivity contribution is -0.242. The second kappa shape index (κ2) is 6.67. The zero-order valence-corrected chi connectivity index (χ0v) is 14.9. The van der Waals surface area contributed by atoms with Crippen LogP contribution in [0.5, 0.6) is 0 Å². The first-order valence-corrected chi connectivity index (χ1v) is 10.5. The average Bonchev–Trinajstić information content (AvgIpc) is 2.43. The van der Waals surface area contributed by atoms with Crippen LogP contribution in [0.15, 0.2) is 0 Å². The first-order valence-electron chi connectivity index (χ1n) is 6.84. The lowest BCUT2D eigenvalue weighted by atomic mass is 10.0. The molecule has 0 unspecified atom stereocenters.